The fourth-order valence-corrected chi connectivity index (χ4v) is 5.13. The number of nitrogens with two attached hydrogens (primary N) is 1. The second-order valence-corrected chi connectivity index (χ2v) is 9.53. The monoisotopic (exact) mass is 364 g/mol. The van der Waals surface area contributed by atoms with E-state index in [1.807, 2.05) is 20.8 Å². The molecule has 0 fully saturated rings. The molecular formula is C17H24N4OS2. The Morgan fingerprint density at radius 2 is 2.25 bits per heavy atom. The third-order valence-corrected chi connectivity index (χ3v) is 5.97. The first-order valence-corrected chi connectivity index (χ1v) is 10.0. The first kappa shape index (κ1) is 17.5. The number of amidine groups is 1. The molecule has 5 nitrogen and oxygen atoms in total. The van der Waals surface area contributed by atoms with Crippen molar-refractivity contribution < 1.29 is 0 Å². The first-order chi connectivity index (χ1) is 11.2. The number of hydrogen-bond donors (Lipinski definition) is 2. The van der Waals surface area contributed by atoms with Crippen LogP contribution in [0, 0.1) is 5.92 Å². The maximum atomic E-state index is 12.5. The van der Waals surface area contributed by atoms with Crippen LogP contribution in [0.15, 0.2) is 9.79 Å². The molecule has 0 aliphatic heterocycles. The smallest absolute Gasteiger partial charge is 0.259 e. The van der Waals surface area contributed by atoms with Gasteiger partial charge >= 0.3 is 0 Å². The average molecular weight is 365 g/mol. The van der Waals surface area contributed by atoms with Crippen LogP contribution < -0.4 is 11.3 Å². The predicted octanol–water partition coefficient (Wildman–Crippen LogP) is 3.46. The number of rotatable bonds is 2. The molecule has 2 heterocycles. The molecule has 3 rings (SSSR count). The highest BCUT2D eigenvalue weighted by Crippen LogP contribution is 2.35. The molecule has 1 atom stereocenters. The van der Waals surface area contributed by atoms with Crippen LogP contribution in [0.1, 0.15) is 50.4 Å². The summed E-state index contributed by atoms with van der Waals surface area (Å²) in [6.07, 6.45) is 3.20. The van der Waals surface area contributed by atoms with E-state index in [0.29, 0.717) is 22.7 Å². The van der Waals surface area contributed by atoms with Crippen molar-refractivity contribution in [3.63, 3.8) is 0 Å². The van der Waals surface area contributed by atoms with Crippen molar-refractivity contribution in [3.05, 3.63) is 26.6 Å². The quantitative estimate of drug-likeness (QED) is 0.631. The summed E-state index contributed by atoms with van der Waals surface area (Å²) < 4.78 is 0. The predicted molar refractivity (Wildman–Crippen MR) is 104 cm³/mol. The van der Waals surface area contributed by atoms with Crippen LogP contribution in [0.4, 0.5) is 0 Å². The van der Waals surface area contributed by atoms with Gasteiger partial charge in [0.1, 0.15) is 10.7 Å². The Morgan fingerprint density at radius 1 is 1.50 bits per heavy atom. The summed E-state index contributed by atoms with van der Waals surface area (Å²) in [5.74, 6) is 1.87. The van der Waals surface area contributed by atoms with E-state index in [1.165, 1.54) is 22.2 Å². The van der Waals surface area contributed by atoms with Gasteiger partial charge in [-0.2, -0.15) is 0 Å². The molecular weight excluding hydrogens is 340 g/mol. The van der Waals surface area contributed by atoms with Crippen LogP contribution in [-0.2, 0) is 18.6 Å². The summed E-state index contributed by atoms with van der Waals surface area (Å²) in [6, 6.07) is 0. The minimum atomic E-state index is -0.203. The number of aromatic amines is 1. The van der Waals surface area contributed by atoms with Gasteiger partial charge in [-0.3, -0.25) is 9.79 Å². The van der Waals surface area contributed by atoms with Gasteiger partial charge in [0.2, 0.25) is 0 Å². The van der Waals surface area contributed by atoms with Crippen LogP contribution in [0.5, 0.6) is 0 Å². The minimum absolute atomic E-state index is 0.0195. The highest BCUT2D eigenvalue weighted by molar-refractivity contribution is 8.13. The molecule has 0 saturated carbocycles. The number of thiophene rings is 1. The largest absolute Gasteiger partial charge is 0.379 e. The maximum Gasteiger partial charge on any atom is 0.259 e. The SMILES string of the molecule is C[C@H]1CCc2c(sc3nc(CSC(N)=NC(C)(C)C)[nH]c(=O)c23)C1. The molecule has 24 heavy (non-hydrogen) atoms. The molecule has 1 aliphatic carbocycles. The number of aryl methyl sites for hydroxylation is 1. The van der Waals surface area contributed by atoms with Crippen LogP contribution in [0.2, 0.25) is 0 Å². The van der Waals surface area contributed by atoms with Gasteiger partial charge in [0.25, 0.3) is 5.56 Å². The number of fused-ring (bicyclic) bond motifs is 3. The number of thioether (sulfide) groups is 1. The summed E-state index contributed by atoms with van der Waals surface area (Å²) in [7, 11) is 0. The first-order valence-electron chi connectivity index (χ1n) is 8.24. The van der Waals surface area contributed by atoms with Crippen LogP contribution in [0.3, 0.4) is 0 Å². The molecule has 0 radical (unpaired) electrons. The van der Waals surface area contributed by atoms with Crippen molar-refractivity contribution in [2.75, 3.05) is 0 Å². The molecule has 2 aromatic rings. The van der Waals surface area contributed by atoms with Gasteiger partial charge < -0.3 is 10.7 Å². The van der Waals surface area contributed by atoms with Crippen LogP contribution in [-0.4, -0.2) is 20.7 Å². The zero-order valence-corrected chi connectivity index (χ0v) is 16.2. The van der Waals surface area contributed by atoms with Crippen LogP contribution in [0.25, 0.3) is 10.2 Å². The fourth-order valence-electron chi connectivity index (χ4n) is 2.97. The normalized spacial score (nSPS) is 18.8. The molecule has 0 unspecified atom stereocenters. The van der Waals surface area contributed by atoms with Crippen molar-refractivity contribution in [1.29, 1.82) is 0 Å². The van der Waals surface area contributed by atoms with Crippen molar-refractivity contribution in [3.8, 4) is 0 Å². The number of H-pyrrole nitrogens is 1. The lowest BCUT2D eigenvalue weighted by atomic mass is 9.89. The Labute approximate surface area is 150 Å². The van der Waals surface area contributed by atoms with E-state index in [2.05, 4.69) is 21.9 Å². The molecule has 130 valence electrons. The van der Waals surface area contributed by atoms with Gasteiger partial charge in [-0.05, 0) is 51.5 Å². The molecule has 3 N–H and O–H groups in total. The molecule has 2 aromatic heterocycles. The van der Waals surface area contributed by atoms with Crippen molar-refractivity contribution in [2.24, 2.45) is 16.6 Å². The summed E-state index contributed by atoms with van der Waals surface area (Å²) in [5.41, 5.74) is 6.94. The summed E-state index contributed by atoms with van der Waals surface area (Å²) in [5, 5.41) is 1.32. The molecule has 0 bridgehead atoms. The van der Waals surface area contributed by atoms with Crippen molar-refractivity contribution in [1.82, 2.24) is 9.97 Å². The van der Waals surface area contributed by atoms with E-state index in [-0.39, 0.29) is 11.1 Å². The van der Waals surface area contributed by atoms with Crippen LogP contribution >= 0.6 is 23.1 Å². The maximum absolute atomic E-state index is 12.5. The molecule has 0 saturated heterocycles. The van der Waals surface area contributed by atoms with E-state index in [0.717, 1.165) is 29.5 Å². The molecule has 7 heteroatoms. The highest BCUT2D eigenvalue weighted by atomic mass is 32.2. The number of hydrogen-bond acceptors (Lipinski definition) is 5. The van der Waals surface area contributed by atoms with E-state index in [9.17, 15) is 4.79 Å². The highest BCUT2D eigenvalue weighted by Gasteiger charge is 2.23. The second-order valence-electron chi connectivity index (χ2n) is 7.45. The van der Waals surface area contributed by atoms with Gasteiger partial charge in [0.05, 0.1) is 16.7 Å². The van der Waals surface area contributed by atoms with Gasteiger partial charge in [-0.25, -0.2) is 4.98 Å². The zero-order chi connectivity index (χ0) is 17.5. The lowest BCUT2D eigenvalue weighted by Crippen LogP contribution is -2.18. The number of aromatic nitrogens is 2. The van der Waals surface area contributed by atoms with E-state index >= 15 is 0 Å². The van der Waals surface area contributed by atoms with Gasteiger partial charge in [0, 0.05) is 4.88 Å². The second kappa shape index (κ2) is 6.52. The Morgan fingerprint density at radius 3 is 2.96 bits per heavy atom. The Hall–Kier alpha value is -1.34. The Bertz CT molecular complexity index is 845. The topological polar surface area (TPSA) is 84.1 Å². The van der Waals surface area contributed by atoms with E-state index in [4.69, 9.17) is 5.73 Å². The lowest BCUT2D eigenvalue weighted by Gasteiger charge is -2.17. The van der Waals surface area contributed by atoms with Gasteiger partial charge in [0.15, 0.2) is 5.17 Å². The Kier molecular flexibility index (Phi) is 4.75. The van der Waals surface area contributed by atoms with Crippen molar-refractivity contribution >= 4 is 38.5 Å². The van der Waals surface area contributed by atoms with Gasteiger partial charge in [-0.1, -0.05) is 18.7 Å². The summed E-state index contributed by atoms with van der Waals surface area (Å²) in [4.78, 5) is 26.7. The average Bonchev–Trinajstić information content (AvgIpc) is 2.80. The number of nitrogens with zero attached hydrogens (tertiary/aromatic N) is 2. The van der Waals surface area contributed by atoms with E-state index < -0.39 is 0 Å². The van der Waals surface area contributed by atoms with Gasteiger partial charge in [-0.15, -0.1) is 11.3 Å². The minimum Gasteiger partial charge on any atom is -0.379 e. The lowest BCUT2D eigenvalue weighted by molar-refractivity contribution is 0.509. The molecule has 0 spiro atoms. The third-order valence-electron chi connectivity index (χ3n) is 4.02. The number of aliphatic imine (C=N–C) groups is 1. The third kappa shape index (κ3) is 3.83. The van der Waals surface area contributed by atoms with E-state index in [1.54, 1.807) is 11.3 Å². The summed E-state index contributed by atoms with van der Waals surface area (Å²) >= 11 is 3.08. The Balaban J connectivity index is 1.87. The molecule has 1 aliphatic rings. The standard InChI is InChI=1S/C17H24N4OS2/c1-9-5-6-10-11(7-9)24-15-13(10)14(22)19-12(20-15)8-23-16(18)21-17(2,3)4/h9H,5-8H2,1-4H3,(H2,18,21)(H,19,20,22)/t9-/m0/s1. The summed E-state index contributed by atoms with van der Waals surface area (Å²) in [6.45, 7) is 8.28. The molecule has 0 amide bonds. The molecule has 0 aromatic carbocycles. The fraction of sp³-hybridized carbons (Fsp3) is 0.588. The van der Waals surface area contributed by atoms with Crippen molar-refractivity contribution in [2.45, 2.75) is 58.2 Å². The number of nitrogens with one attached hydrogen (secondary N) is 1. The zero-order valence-electron chi connectivity index (χ0n) is 14.6.